The minimum atomic E-state index is -0.437. The molecule has 4 heteroatoms. The minimum absolute atomic E-state index is 0.193. The van der Waals surface area contributed by atoms with Crippen molar-refractivity contribution in [2.45, 2.75) is 109 Å². The van der Waals surface area contributed by atoms with E-state index >= 15 is 0 Å². The van der Waals surface area contributed by atoms with Gasteiger partial charge >= 0.3 is 0 Å². The highest BCUT2D eigenvalue weighted by Crippen LogP contribution is 2.64. The molecule has 1 aromatic rings. The van der Waals surface area contributed by atoms with E-state index in [0.29, 0.717) is 12.3 Å². The van der Waals surface area contributed by atoms with E-state index in [2.05, 4.69) is 23.6 Å². The SMILES string of the molecule is C[C@@]1(O)CC[C@H]2[C@H](CC[C@@H]3[C@@H]2CC[C@]2(C)[C@@H](C(=O)Cn4ncc5c4CCCC5)CC[C@@H]32)C1. The Morgan fingerprint density at radius 2 is 1.84 bits per heavy atom. The summed E-state index contributed by atoms with van der Waals surface area (Å²) in [6.07, 6.45) is 17.5. The predicted molar refractivity (Wildman–Crippen MR) is 125 cm³/mol. The fourth-order valence-corrected chi connectivity index (χ4v) is 9.56. The van der Waals surface area contributed by atoms with E-state index in [-0.39, 0.29) is 11.3 Å². The van der Waals surface area contributed by atoms with Crippen molar-refractivity contribution in [3.8, 4) is 0 Å². The van der Waals surface area contributed by atoms with Crippen molar-refractivity contribution < 1.29 is 9.90 Å². The number of Topliss-reactive ketones (excluding diaryl/α,β-unsaturated/α-hetero) is 1. The van der Waals surface area contributed by atoms with Crippen molar-refractivity contribution >= 4 is 5.78 Å². The molecule has 0 aliphatic heterocycles. The van der Waals surface area contributed by atoms with Crippen molar-refractivity contribution in [1.82, 2.24) is 9.78 Å². The van der Waals surface area contributed by atoms with Crippen LogP contribution in [0.4, 0.5) is 0 Å². The zero-order valence-electron chi connectivity index (χ0n) is 20.2. The Labute approximate surface area is 193 Å². The lowest BCUT2D eigenvalue weighted by Gasteiger charge is -2.56. The number of aliphatic hydroxyl groups is 1. The van der Waals surface area contributed by atoms with Crippen molar-refractivity contribution in [1.29, 1.82) is 0 Å². The summed E-state index contributed by atoms with van der Waals surface area (Å²) < 4.78 is 2.05. The van der Waals surface area contributed by atoms with Gasteiger partial charge in [0.1, 0.15) is 6.54 Å². The number of aryl methyl sites for hydroxylation is 1. The van der Waals surface area contributed by atoms with Gasteiger partial charge in [-0.1, -0.05) is 6.92 Å². The highest BCUT2D eigenvalue weighted by atomic mass is 16.3. The Kier molecular flexibility index (Phi) is 5.13. The van der Waals surface area contributed by atoms with Crippen LogP contribution in [0.3, 0.4) is 0 Å². The predicted octanol–water partition coefficient (Wildman–Crippen LogP) is 5.35. The lowest BCUT2D eigenvalue weighted by atomic mass is 9.49. The third-order valence-electron chi connectivity index (χ3n) is 11.1. The molecule has 5 aliphatic rings. The normalized spacial score (nSPS) is 45.5. The summed E-state index contributed by atoms with van der Waals surface area (Å²) >= 11 is 0. The molecule has 4 fully saturated rings. The summed E-state index contributed by atoms with van der Waals surface area (Å²) in [5.74, 6) is 4.61. The number of hydrogen-bond acceptors (Lipinski definition) is 3. The van der Waals surface area contributed by atoms with E-state index < -0.39 is 5.60 Å². The van der Waals surface area contributed by atoms with Crippen molar-refractivity contribution in [3.63, 3.8) is 0 Å². The summed E-state index contributed by atoms with van der Waals surface area (Å²) in [6, 6.07) is 0. The van der Waals surface area contributed by atoms with Crippen molar-refractivity contribution in [3.05, 3.63) is 17.5 Å². The molecule has 0 unspecified atom stereocenters. The van der Waals surface area contributed by atoms with Crippen molar-refractivity contribution in [2.75, 3.05) is 0 Å². The Bertz CT molecular complexity index is 888. The molecule has 1 N–H and O–H groups in total. The molecule has 176 valence electrons. The smallest absolute Gasteiger partial charge is 0.157 e. The first-order valence-electron chi connectivity index (χ1n) is 13.6. The molecule has 0 saturated heterocycles. The second-order valence-electron chi connectivity index (χ2n) is 12.8. The topological polar surface area (TPSA) is 55.1 Å². The molecule has 32 heavy (non-hydrogen) atoms. The van der Waals surface area contributed by atoms with Gasteiger partial charge in [-0.05, 0) is 131 Å². The average molecular weight is 439 g/mol. The van der Waals surface area contributed by atoms with Crippen LogP contribution in [0.5, 0.6) is 0 Å². The highest BCUT2D eigenvalue weighted by molar-refractivity contribution is 5.82. The molecule has 0 amide bonds. The summed E-state index contributed by atoms with van der Waals surface area (Å²) in [4.78, 5) is 13.6. The van der Waals surface area contributed by atoms with Gasteiger partial charge in [0.2, 0.25) is 0 Å². The van der Waals surface area contributed by atoms with Gasteiger partial charge in [0.05, 0.1) is 11.8 Å². The summed E-state index contributed by atoms with van der Waals surface area (Å²) in [7, 11) is 0. The molecular weight excluding hydrogens is 396 g/mol. The Hall–Kier alpha value is -1.16. The van der Waals surface area contributed by atoms with E-state index in [4.69, 9.17) is 0 Å². The van der Waals surface area contributed by atoms with Crippen molar-refractivity contribution in [2.24, 2.45) is 40.9 Å². The van der Waals surface area contributed by atoms with Crippen LogP contribution in [-0.4, -0.2) is 26.3 Å². The van der Waals surface area contributed by atoms with Crippen LogP contribution in [-0.2, 0) is 24.2 Å². The Balaban J connectivity index is 1.18. The lowest BCUT2D eigenvalue weighted by molar-refractivity contribution is -0.133. The fraction of sp³-hybridized carbons (Fsp3) is 0.857. The molecule has 1 heterocycles. The maximum atomic E-state index is 13.6. The van der Waals surface area contributed by atoms with E-state index in [1.54, 1.807) is 0 Å². The third kappa shape index (κ3) is 3.34. The second-order valence-corrected chi connectivity index (χ2v) is 12.8. The third-order valence-corrected chi connectivity index (χ3v) is 11.1. The van der Waals surface area contributed by atoms with E-state index in [1.165, 1.54) is 62.6 Å². The maximum absolute atomic E-state index is 13.6. The van der Waals surface area contributed by atoms with Crippen LogP contribution >= 0.6 is 0 Å². The first kappa shape index (κ1) is 21.4. The van der Waals surface area contributed by atoms with Gasteiger partial charge in [0.25, 0.3) is 0 Å². The number of nitrogens with zero attached hydrogens (tertiary/aromatic N) is 2. The van der Waals surface area contributed by atoms with E-state index in [0.717, 1.165) is 61.7 Å². The number of carbonyl (C=O) groups excluding carboxylic acids is 1. The van der Waals surface area contributed by atoms with Crippen LogP contribution in [0.25, 0.3) is 0 Å². The number of fused-ring (bicyclic) bond motifs is 6. The number of carbonyl (C=O) groups is 1. The second kappa shape index (κ2) is 7.68. The Morgan fingerprint density at radius 1 is 1.03 bits per heavy atom. The molecule has 1 aromatic heterocycles. The number of aromatic nitrogens is 2. The summed E-state index contributed by atoms with van der Waals surface area (Å²) in [5.41, 5.74) is 2.47. The zero-order chi connectivity index (χ0) is 22.1. The number of ketones is 1. The van der Waals surface area contributed by atoms with E-state index in [9.17, 15) is 9.90 Å². The molecule has 0 spiro atoms. The summed E-state index contributed by atoms with van der Waals surface area (Å²) in [5, 5.41) is 15.3. The fourth-order valence-electron chi connectivity index (χ4n) is 9.56. The zero-order valence-corrected chi connectivity index (χ0v) is 20.2. The standard InChI is InChI=1S/C28H42N2O2/c1-27(32)13-11-20-18(15-27)7-8-22-21(20)12-14-28(2)23(22)9-10-24(28)26(31)17-30-25-6-4-3-5-19(25)16-29-30/h16,18,20-24,32H,3-15,17H2,1-2H3/t18-,20+,21-,22-,23+,24-,27-,28+/m1/s1. The van der Waals surface area contributed by atoms with Crippen LogP contribution in [0.2, 0.25) is 0 Å². The first-order chi connectivity index (χ1) is 15.4. The van der Waals surface area contributed by atoms with Gasteiger partial charge in [-0.3, -0.25) is 9.48 Å². The molecule has 8 atom stereocenters. The molecular formula is C28H42N2O2. The van der Waals surface area contributed by atoms with Gasteiger partial charge < -0.3 is 5.11 Å². The minimum Gasteiger partial charge on any atom is -0.390 e. The first-order valence-corrected chi connectivity index (χ1v) is 13.6. The average Bonchev–Trinajstić information content (AvgIpc) is 3.33. The molecule has 4 nitrogen and oxygen atoms in total. The Morgan fingerprint density at radius 3 is 2.72 bits per heavy atom. The maximum Gasteiger partial charge on any atom is 0.157 e. The summed E-state index contributed by atoms with van der Waals surface area (Å²) in [6.45, 7) is 5.02. The highest BCUT2D eigenvalue weighted by Gasteiger charge is 2.58. The van der Waals surface area contributed by atoms with Gasteiger partial charge in [0.15, 0.2) is 5.78 Å². The van der Waals surface area contributed by atoms with Gasteiger partial charge in [-0.2, -0.15) is 5.10 Å². The largest absolute Gasteiger partial charge is 0.390 e. The molecule has 4 saturated carbocycles. The van der Waals surface area contributed by atoms with Crippen LogP contribution in [0, 0.1) is 40.9 Å². The number of rotatable bonds is 3. The number of hydrogen-bond donors (Lipinski definition) is 1. The van der Waals surface area contributed by atoms with Gasteiger partial charge in [-0.15, -0.1) is 0 Å². The molecule has 5 aliphatic carbocycles. The molecule has 0 radical (unpaired) electrons. The van der Waals surface area contributed by atoms with Crippen LogP contribution in [0.1, 0.15) is 95.7 Å². The quantitative estimate of drug-likeness (QED) is 0.692. The molecule has 0 bridgehead atoms. The van der Waals surface area contributed by atoms with Crippen LogP contribution < -0.4 is 0 Å². The van der Waals surface area contributed by atoms with Gasteiger partial charge in [0, 0.05) is 11.6 Å². The van der Waals surface area contributed by atoms with Crippen LogP contribution in [0.15, 0.2) is 6.20 Å². The molecule has 0 aromatic carbocycles. The van der Waals surface area contributed by atoms with E-state index in [1.807, 2.05) is 6.20 Å². The monoisotopic (exact) mass is 438 g/mol. The molecule has 6 rings (SSSR count). The lowest BCUT2D eigenvalue weighted by Crippen LogP contribution is -2.51. The van der Waals surface area contributed by atoms with Gasteiger partial charge in [-0.25, -0.2) is 0 Å².